The Labute approximate surface area is 152 Å². The molecule has 2 aromatic carbocycles. The second-order valence-electron chi connectivity index (χ2n) is 6.27. The average Bonchev–Trinajstić information content (AvgIpc) is 2.47. The predicted molar refractivity (Wildman–Crippen MR) is 97.2 cm³/mol. The third-order valence-electron chi connectivity index (χ3n) is 4.41. The summed E-state index contributed by atoms with van der Waals surface area (Å²) in [5, 5.41) is 6.55. The molecule has 7 heteroatoms. The maximum atomic E-state index is 11.8. The SMILES string of the molecule is Cc1ccc(C2CN(C)Cc3c(Cl)cc(Cl)cc32)cc1S(N)(=O)=O. The van der Waals surface area contributed by atoms with Crippen LogP contribution in [-0.4, -0.2) is 26.9 Å². The van der Waals surface area contributed by atoms with Gasteiger partial charge in [-0.05, 0) is 54.4 Å². The zero-order chi connectivity index (χ0) is 17.6. The van der Waals surface area contributed by atoms with Gasteiger partial charge in [-0.3, -0.25) is 0 Å². The van der Waals surface area contributed by atoms with Crippen LogP contribution in [0.25, 0.3) is 0 Å². The number of aryl methyl sites for hydroxylation is 1. The van der Waals surface area contributed by atoms with Crippen LogP contribution in [0.1, 0.15) is 28.2 Å². The van der Waals surface area contributed by atoms with Gasteiger partial charge in [-0.2, -0.15) is 0 Å². The normalized spacial score (nSPS) is 18.5. The first-order chi connectivity index (χ1) is 11.2. The van der Waals surface area contributed by atoms with Crippen molar-refractivity contribution < 1.29 is 8.42 Å². The van der Waals surface area contributed by atoms with Gasteiger partial charge in [0.05, 0.1) is 4.90 Å². The van der Waals surface area contributed by atoms with Gasteiger partial charge in [0.1, 0.15) is 0 Å². The van der Waals surface area contributed by atoms with Gasteiger partial charge >= 0.3 is 0 Å². The number of nitrogens with two attached hydrogens (primary N) is 1. The predicted octanol–water partition coefficient (Wildman–Crippen LogP) is 3.53. The second-order valence-corrected chi connectivity index (χ2v) is 8.65. The summed E-state index contributed by atoms with van der Waals surface area (Å²) in [7, 11) is -1.76. The molecule has 1 aliphatic rings. The van der Waals surface area contributed by atoms with E-state index in [1.807, 2.05) is 19.2 Å². The summed E-state index contributed by atoms with van der Waals surface area (Å²) >= 11 is 12.6. The largest absolute Gasteiger partial charge is 0.301 e. The lowest BCUT2D eigenvalue weighted by Gasteiger charge is -2.33. The summed E-state index contributed by atoms with van der Waals surface area (Å²) < 4.78 is 23.7. The summed E-state index contributed by atoms with van der Waals surface area (Å²) in [6.07, 6.45) is 0. The fourth-order valence-corrected chi connectivity index (χ4v) is 4.66. The molecule has 0 bridgehead atoms. The van der Waals surface area contributed by atoms with Gasteiger partial charge in [-0.15, -0.1) is 0 Å². The van der Waals surface area contributed by atoms with Crippen LogP contribution in [0.5, 0.6) is 0 Å². The van der Waals surface area contributed by atoms with E-state index in [9.17, 15) is 8.42 Å². The first-order valence-corrected chi connectivity index (χ1v) is 9.76. The molecule has 2 aromatic rings. The molecular formula is C17H18Cl2N2O2S. The molecular weight excluding hydrogens is 367 g/mol. The Kier molecular flexibility index (Phi) is 4.66. The Morgan fingerprint density at radius 1 is 1.21 bits per heavy atom. The monoisotopic (exact) mass is 384 g/mol. The molecule has 1 aliphatic heterocycles. The molecule has 3 rings (SSSR count). The van der Waals surface area contributed by atoms with Crippen molar-refractivity contribution in [3.05, 3.63) is 62.6 Å². The van der Waals surface area contributed by atoms with Crippen LogP contribution in [0.4, 0.5) is 0 Å². The minimum absolute atomic E-state index is 0.0175. The zero-order valence-electron chi connectivity index (χ0n) is 13.4. The highest BCUT2D eigenvalue weighted by atomic mass is 35.5. The van der Waals surface area contributed by atoms with Crippen LogP contribution in [-0.2, 0) is 16.6 Å². The lowest BCUT2D eigenvalue weighted by atomic mass is 9.84. The minimum atomic E-state index is -3.77. The molecule has 1 unspecified atom stereocenters. The van der Waals surface area contributed by atoms with Crippen molar-refractivity contribution in [1.29, 1.82) is 0 Å². The highest BCUT2D eigenvalue weighted by Crippen LogP contribution is 2.39. The maximum absolute atomic E-state index is 11.8. The van der Waals surface area contributed by atoms with Gasteiger partial charge in [0.2, 0.25) is 10.0 Å². The van der Waals surface area contributed by atoms with E-state index in [0.717, 1.165) is 29.8 Å². The average molecular weight is 385 g/mol. The summed E-state index contributed by atoms with van der Waals surface area (Å²) in [6.45, 7) is 3.21. The standard InChI is InChI=1S/C17H18Cl2N2O2S/c1-10-3-4-11(5-17(10)24(20,22)23)14-8-21(2)9-15-13(14)6-12(18)7-16(15)19/h3-7,14H,8-9H2,1-2H3,(H2,20,22,23). The van der Waals surface area contributed by atoms with E-state index in [-0.39, 0.29) is 10.8 Å². The fourth-order valence-electron chi connectivity index (χ4n) is 3.27. The third-order valence-corrected chi connectivity index (χ3v) is 6.02. The molecule has 0 fully saturated rings. The van der Waals surface area contributed by atoms with Crippen molar-refractivity contribution in [3.63, 3.8) is 0 Å². The zero-order valence-corrected chi connectivity index (χ0v) is 15.7. The summed E-state index contributed by atoms with van der Waals surface area (Å²) in [5.74, 6) is -0.0175. The van der Waals surface area contributed by atoms with Gasteiger partial charge in [0, 0.05) is 29.1 Å². The van der Waals surface area contributed by atoms with Crippen molar-refractivity contribution in [3.8, 4) is 0 Å². The molecule has 0 amide bonds. The Morgan fingerprint density at radius 2 is 1.92 bits per heavy atom. The topological polar surface area (TPSA) is 63.4 Å². The van der Waals surface area contributed by atoms with Gasteiger partial charge in [-0.25, -0.2) is 13.6 Å². The van der Waals surface area contributed by atoms with Crippen LogP contribution < -0.4 is 5.14 Å². The molecule has 0 aliphatic carbocycles. The van der Waals surface area contributed by atoms with Crippen LogP contribution in [0.15, 0.2) is 35.2 Å². The Balaban J connectivity index is 2.18. The quantitative estimate of drug-likeness (QED) is 0.860. The van der Waals surface area contributed by atoms with E-state index >= 15 is 0 Å². The maximum Gasteiger partial charge on any atom is 0.238 e. The molecule has 2 N–H and O–H groups in total. The van der Waals surface area contributed by atoms with Crippen LogP contribution in [0, 0.1) is 6.92 Å². The van der Waals surface area contributed by atoms with Crippen LogP contribution in [0.2, 0.25) is 10.0 Å². The number of primary sulfonamides is 1. The number of rotatable bonds is 2. The van der Waals surface area contributed by atoms with E-state index < -0.39 is 10.0 Å². The first kappa shape index (κ1) is 17.7. The third kappa shape index (κ3) is 3.32. The van der Waals surface area contributed by atoms with E-state index in [4.69, 9.17) is 28.3 Å². The Morgan fingerprint density at radius 3 is 2.58 bits per heavy atom. The first-order valence-electron chi connectivity index (χ1n) is 7.46. The molecule has 128 valence electrons. The summed E-state index contributed by atoms with van der Waals surface area (Å²) in [4.78, 5) is 2.31. The Hall–Kier alpha value is -1.11. The number of hydrogen-bond acceptors (Lipinski definition) is 3. The number of hydrogen-bond donors (Lipinski definition) is 1. The minimum Gasteiger partial charge on any atom is -0.301 e. The number of halogens is 2. The molecule has 0 aromatic heterocycles. The molecule has 1 heterocycles. The van der Waals surface area contributed by atoms with Gasteiger partial charge < -0.3 is 4.90 Å². The molecule has 1 atom stereocenters. The Bertz CT molecular complexity index is 913. The lowest BCUT2D eigenvalue weighted by Crippen LogP contribution is -2.31. The molecule has 0 saturated carbocycles. The van der Waals surface area contributed by atoms with Gasteiger partial charge in [-0.1, -0.05) is 35.3 Å². The fraction of sp³-hybridized carbons (Fsp3) is 0.294. The number of likely N-dealkylation sites (N-methyl/N-ethyl adjacent to an activating group) is 1. The van der Waals surface area contributed by atoms with Crippen molar-refractivity contribution in [2.45, 2.75) is 24.3 Å². The summed E-state index contributed by atoms with van der Waals surface area (Å²) in [5.41, 5.74) is 3.58. The van der Waals surface area contributed by atoms with Crippen molar-refractivity contribution in [2.75, 3.05) is 13.6 Å². The number of nitrogens with zero attached hydrogens (tertiary/aromatic N) is 1. The molecule has 0 saturated heterocycles. The number of benzene rings is 2. The molecule has 0 spiro atoms. The smallest absolute Gasteiger partial charge is 0.238 e. The molecule has 0 radical (unpaired) electrons. The summed E-state index contributed by atoms with van der Waals surface area (Å²) in [6, 6.07) is 9.04. The van der Waals surface area contributed by atoms with Crippen LogP contribution >= 0.6 is 23.2 Å². The van der Waals surface area contributed by atoms with Gasteiger partial charge in [0.15, 0.2) is 0 Å². The number of sulfonamides is 1. The van der Waals surface area contributed by atoms with Crippen molar-refractivity contribution in [2.24, 2.45) is 5.14 Å². The highest BCUT2D eigenvalue weighted by molar-refractivity contribution is 7.89. The molecule has 4 nitrogen and oxygen atoms in total. The van der Waals surface area contributed by atoms with E-state index in [0.29, 0.717) is 15.6 Å². The van der Waals surface area contributed by atoms with Gasteiger partial charge in [0.25, 0.3) is 0 Å². The van der Waals surface area contributed by atoms with E-state index in [2.05, 4.69) is 4.90 Å². The van der Waals surface area contributed by atoms with Crippen LogP contribution in [0.3, 0.4) is 0 Å². The van der Waals surface area contributed by atoms with E-state index in [1.54, 1.807) is 25.1 Å². The molecule has 24 heavy (non-hydrogen) atoms. The number of fused-ring (bicyclic) bond motifs is 1. The van der Waals surface area contributed by atoms with Crippen molar-refractivity contribution >= 4 is 33.2 Å². The second kappa shape index (κ2) is 6.32. The highest BCUT2D eigenvalue weighted by Gasteiger charge is 2.28. The lowest BCUT2D eigenvalue weighted by molar-refractivity contribution is 0.295. The van der Waals surface area contributed by atoms with Crippen molar-refractivity contribution in [1.82, 2.24) is 4.90 Å². The van der Waals surface area contributed by atoms with E-state index in [1.165, 1.54) is 0 Å².